The number of hydrazine groups is 1. The van der Waals surface area contributed by atoms with Crippen molar-refractivity contribution in [3.8, 4) is 0 Å². The monoisotopic (exact) mass is 380 g/mol. The van der Waals surface area contributed by atoms with E-state index in [9.17, 15) is 9.59 Å². The summed E-state index contributed by atoms with van der Waals surface area (Å²) >= 11 is 1.40. The highest BCUT2D eigenvalue weighted by Gasteiger charge is 2.40. The van der Waals surface area contributed by atoms with Crippen molar-refractivity contribution in [1.82, 2.24) is 5.43 Å². The number of hydrazone groups is 1. The third kappa shape index (κ3) is 3.54. The largest absolute Gasteiger partial charge is 0.467 e. The second-order valence-corrected chi connectivity index (χ2v) is 7.18. The molecule has 7 heteroatoms. The summed E-state index contributed by atoms with van der Waals surface area (Å²) in [6.07, 6.45) is 2.21. The van der Waals surface area contributed by atoms with Crippen LogP contribution >= 0.6 is 11.3 Å². The van der Waals surface area contributed by atoms with Crippen LogP contribution in [0, 0.1) is 0 Å². The number of carbonyl (C=O) groups is 2. The summed E-state index contributed by atoms with van der Waals surface area (Å²) in [5, 5.41) is 4.67. The molecule has 1 atom stereocenters. The molecule has 3 heterocycles. The van der Waals surface area contributed by atoms with Gasteiger partial charge in [-0.1, -0.05) is 12.1 Å². The molecule has 6 nitrogen and oxygen atoms in total. The van der Waals surface area contributed by atoms with Gasteiger partial charge in [-0.25, -0.2) is 4.79 Å². The molecule has 4 rings (SSSR count). The van der Waals surface area contributed by atoms with Crippen LogP contribution in [0.2, 0.25) is 0 Å². The minimum Gasteiger partial charge on any atom is -0.467 e. The van der Waals surface area contributed by atoms with Crippen molar-refractivity contribution >= 4 is 34.6 Å². The molecule has 0 fully saturated rings. The SMILES string of the molecule is CC(=O)Nc1cccc(C2=[N+](C(=O)c3cccs3)NC(c3ccco3)C2)c1. The third-order valence-electron chi connectivity index (χ3n) is 4.29. The average molecular weight is 380 g/mol. The van der Waals surface area contributed by atoms with Crippen LogP contribution in [0.5, 0.6) is 0 Å². The van der Waals surface area contributed by atoms with Crippen molar-refractivity contribution in [2.75, 3.05) is 5.32 Å². The van der Waals surface area contributed by atoms with Crippen molar-refractivity contribution < 1.29 is 18.7 Å². The van der Waals surface area contributed by atoms with E-state index in [-0.39, 0.29) is 17.9 Å². The van der Waals surface area contributed by atoms with Crippen molar-refractivity contribution in [2.24, 2.45) is 0 Å². The summed E-state index contributed by atoms with van der Waals surface area (Å²) in [6.45, 7) is 1.47. The van der Waals surface area contributed by atoms with E-state index < -0.39 is 0 Å². The lowest BCUT2D eigenvalue weighted by molar-refractivity contribution is -0.490. The molecule has 0 saturated carbocycles. The highest BCUT2D eigenvalue weighted by atomic mass is 32.1. The Labute approximate surface area is 160 Å². The van der Waals surface area contributed by atoms with Gasteiger partial charge in [0, 0.05) is 18.2 Å². The first-order valence-corrected chi connectivity index (χ1v) is 9.41. The first-order chi connectivity index (χ1) is 13.1. The highest BCUT2D eigenvalue weighted by molar-refractivity contribution is 7.11. The van der Waals surface area contributed by atoms with E-state index in [0.717, 1.165) is 17.0 Å². The number of rotatable bonds is 4. The van der Waals surface area contributed by atoms with E-state index in [0.29, 0.717) is 17.0 Å². The van der Waals surface area contributed by atoms with Gasteiger partial charge in [0.25, 0.3) is 0 Å². The molecule has 2 N–H and O–H groups in total. The van der Waals surface area contributed by atoms with Crippen molar-refractivity contribution in [2.45, 2.75) is 19.4 Å². The van der Waals surface area contributed by atoms with E-state index in [1.165, 1.54) is 18.3 Å². The van der Waals surface area contributed by atoms with Crippen LogP contribution < -0.4 is 10.7 Å². The second kappa shape index (κ2) is 7.20. The minimum atomic E-state index is -0.137. The van der Waals surface area contributed by atoms with E-state index in [2.05, 4.69) is 10.7 Å². The number of hydrogen-bond donors (Lipinski definition) is 2. The van der Waals surface area contributed by atoms with Crippen LogP contribution in [-0.4, -0.2) is 22.2 Å². The standard InChI is InChI=1S/C20H17N3O3S/c1-13(24)21-15-6-2-5-14(11-15)17-12-16(18-7-3-9-26-18)22-23(17)20(25)19-8-4-10-27-19/h2-11,16,22H,12H2,1H3/p+1. The summed E-state index contributed by atoms with van der Waals surface area (Å²) in [5.74, 6) is 0.521. The number of furan rings is 1. The van der Waals surface area contributed by atoms with Crippen molar-refractivity contribution in [3.05, 3.63) is 76.4 Å². The van der Waals surface area contributed by atoms with Crippen LogP contribution in [0.15, 0.2) is 64.6 Å². The Morgan fingerprint density at radius 2 is 2.11 bits per heavy atom. The molecular weight excluding hydrogens is 362 g/mol. The number of hydrogen-bond acceptors (Lipinski definition) is 5. The second-order valence-electron chi connectivity index (χ2n) is 6.23. The van der Waals surface area contributed by atoms with E-state index in [4.69, 9.17) is 4.42 Å². The third-order valence-corrected chi connectivity index (χ3v) is 5.15. The molecule has 0 bridgehead atoms. The van der Waals surface area contributed by atoms with Crippen LogP contribution in [0.3, 0.4) is 0 Å². The first-order valence-electron chi connectivity index (χ1n) is 8.53. The maximum absolute atomic E-state index is 13.0. The van der Waals surface area contributed by atoms with Crippen LogP contribution in [-0.2, 0) is 4.79 Å². The smallest absolute Gasteiger partial charge is 0.457 e. The molecular formula is C20H18N3O3S+. The number of amides is 2. The maximum atomic E-state index is 13.0. The number of nitrogens with one attached hydrogen (secondary N) is 2. The van der Waals surface area contributed by atoms with Gasteiger partial charge in [0.05, 0.1) is 12.7 Å². The van der Waals surface area contributed by atoms with Gasteiger partial charge in [-0.2, -0.15) is 5.43 Å². The van der Waals surface area contributed by atoms with Gasteiger partial charge in [-0.05, 0) is 46.5 Å². The van der Waals surface area contributed by atoms with Gasteiger partial charge in [0.15, 0.2) is 0 Å². The van der Waals surface area contributed by atoms with E-state index in [1.807, 2.05) is 47.8 Å². The summed E-state index contributed by atoms with van der Waals surface area (Å²) in [5.41, 5.74) is 5.66. The molecule has 1 aliphatic heterocycles. The number of carbonyl (C=O) groups excluding carboxylic acids is 2. The Kier molecular flexibility index (Phi) is 4.60. The number of thiophene rings is 1. The maximum Gasteiger partial charge on any atom is 0.457 e. The minimum absolute atomic E-state index is 0.112. The molecule has 1 aliphatic rings. The molecule has 2 amide bonds. The van der Waals surface area contributed by atoms with Gasteiger partial charge < -0.3 is 9.73 Å². The van der Waals surface area contributed by atoms with Gasteiger partial charge in [-0.3, -0.25) is 4.79 Å². The Morgan fingerprint density at radius 3 is 2.81 bits per heavy atom. The number of benzene rings is 1. The van der Waals surface area contributed by atoms with E-state index >= 15 is 0 Å². The molecule has 2 aromatic heterocycles. The zero-order chi connectivity index (χ0) is 18.8. The van der Waals surface area contributed by atoms with Gasteiger partial charge in [0.1, 0.15) is 16.7 Å². The predicted octanol–water partition coefficient (Wildman–Crippen LogP) is 3.59. The molecule has 27 heavy (non-hydrogen) atoms. The molecule has 0 aliphatic carbocycles. The summed E-state index contributed by atoms with van der Waals surface area (Å²) in [6, 6.07) is 14.7. The number of nitrogens with zero attached hydrogens (tertiary/aromatic N) is 1. The molecule has 3 aromatic rings. The molecule has 0 spiro atoms. The Balaban J connectivity index is 1.74. The fraction of sp³-hybridized carbons (Fsp3) is 0.150. The molecule has 1 aromatic carbocycles. The predicted molar refractivity (Wildman–Crippen MR) is 103 cm³/mol. The quantitative estimate of drug-likeness (QED) is 0.679. The zero-order valence-corrected chi connectivity index (χ0v) is 15.5. The molecule has 1 unspecified atom stereocenters. The van der Waals surface area contributed by atoms with E-state index in [1.54, 1.807) is 17.0 Å². The van der Waals surface area contributed by atoms with Crippen LogP contribution in [0.4, 0.5) is 5.69 Å². The lowest BCUT2D eigenvalue weighted by Crippen LogP contribution is -2.33. The summed E-state index contributed by atoms with van der Waals surface area (Å²) in [4.78, 5) is 25.0. The summed E-state index contributed by atoms with van der Waals surface area (Å²) in [7, 11) is 0. The van der Waals surface area contributed by atoms with Crippen LogP contribution in [0.25, 0.3) is 0 Å². The topological polar surface area (TPSA) is 74.3 Å². The zero-order valence-electron chi connectivity index (χ0n) is 14.6. The van der Waals surface area contributed by atoms with Gasteiger partial charge in [-0.15, -0.1) is 11.3 Å². The van der Waals surface area contributed by atoms with Gasteiger partial charge in [0.2, 0.25) is 11.6 Å². The Bertz CT molecular complexity index is 1010. The Morgan fingerprint density at radius 1 is 1.22 bits per heavy atom. The van der Waals surface area contributed by atoms with Crippen LogP contribution in [0.1, 0.15) is 40.4 Å². The lowest BCUT2D eigenvalue weighted by atomic mass is 10.0. The highest BCUT2D eigenvalue weighted by Crippen LogP contribution is 2.27. The summed E-state index contributed by atoms with van der Waals surface area (Å²) < 4.78 is 7.12. The van der Waals surface area contributed by atoms with Crippen molar-refractivity contribution in [1.29, 1.82) is 0 Å². The van der Waals surface area contributed by atoms with Gasteiger partial charge >= 0.3 is 5.91 Å². The van der Waals surface area contributed by atoms with Crippen molar-refractivity contribution in [3.63, 3.8) is 0 Å². The molecule has 136 valence electrons. The molecule has 0 radical (unpaired) electrons. The normalized spacial score (nSPS) is 16.3. The Hall–Kier alpha value is -3.19. The lowest BCUT2D eigenvalue weighted by Gasteiger charge is -2.04. The fourth-order valence-corrected chi connectivity index (χ4v) is 3.79. The molecule has 0 saturated heterocycles. The average Bonchev–Trinajstić information content (AvgIpc) is 3.41. The fourth-order valence-electron chi connectivity index (χ4n) is 3.14. The number of anilines is 1. The first kappa shape index (κ1) is 17.2.